The summed E-state index contributed by atoms with van der Waals surface area (Å²) in [6.45, 7) is 0. The van der Waals surface area contributed by atoms with Gasteiger partial charge >= 0.3 is 5.97 Å². The largest absolute Gasteiger partial charge is 0.497 e. The summed E-state index contributed by atoms with van der Waals surface area (Å²) in [6, 6.07) is 6.53. The molecule has 0 amide bonds. The molecule has 3 N–H and O–H groups in total. The van der Waals surface area contributed by atoms with E-state index in [1.807, 2.05) is 24.3 Å². The molecule has 0 aliphatic heterocycles. The number of aromatic nitrogens is 2. The molecule has 0 bridgehead atoms. The molecule has 6 heteroatoms. The molecule has 1 atom stereocenters. The van der Waals surface area contributed by atoms with Gasteiger partial charge in [-0.25, -0.2) is 0 Å². The summed E-state index contributed by atoms with van der Waals surface area (Å²) in [5.74, 6) is -0.299. The Kier molecular flexibility index (Phi) is 4.05. The summed E-state index contributed by atoms with van der Waals surface area (Å²) in [5.41, 5.74) is 8.00. The van der Waals surface area contributed by atoms with Crippen molar-refractivity contribution in [2.24, 2.45) is 12.8 Å². The number of benzene rings is 1. The van der Waals surface area contributed by atoms with E-state index >= 15 is 0 Å². The fraction of sp³-hybridized carbons (Fsp3) is 0.286. The molecule has 2 rings (SSSR count). The van der Waals surface area contributed by atoms with Gasteiger partial charge in [-0.15, -0.1) is 0 Å². The number of methoxy groups -OCH3 is 1. The fourth-order valence-corrected chi connectivity index (χ4v) is 2.02. The van der Waals surface area contributed by atoms with Gasteiger partial charge in [-0.3, -0.25) is 9.48 Å². The predicted molar refractivity (Wildman–Crippen MR) is 74.5 cm³/mol. The van der Waals surface area contributed by atoms with Gasteiger partial charge in [-0.1, -0.05) is 12.1 Å². The Labute approximate surface area is 116 Å². The van der Waals surface area contributed by atoms with E-state index in [9.17, 15) is 4.79 Å². The molecule has 0 saturated carbocycles. The minimum Gasteiger partial charge on any atom is -0.497 e. The molecule has 0 saturated heterocycles. The molecule has 0 spiro atoms. The van der Waals surface area contributed by atoms with Crippen LogP contribution in [0.25, 0.3) is 11.3 Å². The molecule has 0 fully saturated rings. The molecule has 1 aromatic carbocycles. The molecule has 106 valence electrons. The minimum atomic E-state index is -1.02. The van der Waals surface area contributed by atoms with Gasteiger partial charge in [0.15, 0.2) is 0 Å². The van der Waals surface area contributed by atoms with Crippen LogP contribution in [0.1, 0.15) is 5.56 Å². The highest BCUT2D eigenvalue weighted by atomic mass is 16.5. The van der Waals surface area contributed by atoms with E-state index in [4.69, 9.17) is 15.6 Å². The first kappa shape index (κ1) is 14.1. The lowest BCUT2D eigenvalue weighted by atomic mass is 10.0. The summed E-state index contributed by atoms with van der Waals surface area (Å²) in [7, 11) is 3.39. The lowest BCUT2D eigenvalue weighted by molar-refractivity contribution is -0.138. The van der Waals surface area contributed by atoms with Gasteiger partial charge in [-0.2, -0.15) is 5.10 Å². The number of rotatable bonds is 5. The number of nitrogens with two attached hydrogens (primary N) is 1. The van der Waals surface area contributed by atoms with E-state index in [-0.39, 0.29) is 6.42 Å². The third-order valence-electron chi connectivity index (χ3n) is 3.00. The van der Waals surface area contributed by atoms with E-state index in [0.29, 0.717) is 0 Å². The summed E-state index contributed by atoms with van der Waals surface area (Å²) < 4.78 is 6.84. The zero-order chi connectivity index (χ0) is 14.7. The van der Waals surface area contributed by atoms with Crippen LogP contribution in [-0.2, 0) is 18.3 Å². The third-order valence-corrected chi connectivity index (χ3v) is 3.00. The summed E-state index contributed by atoms with van der Waals surface area (Å²) in [5, 5.41) is 13.3. The van der Waals surface area contributed by atoms with Crippen molar-refractivity contribution in [3.05, 3.63) is 36.0 Å². The van der Waals surface area contributed by atoms with Gasteiger partial charge in [0.2, 0.25) is 0 Å². The van der Waals surface area contributed by atoms with Gasteiger partial charge in [0.1, 0.15) is 11.8 Å². The summed E-state index contributed by atoms with van der Waals surface area (Å²) in [4.78, 5) is 10.9. The highest BCUT2D eigenvalue weighted by Crippen LogP contribution is 2.26. The Bertz CT molecular complexity index is 622. The molecule has 2 aromatic rings. The van der Waals surface area contributed by atoms with E-state index in [0.717, 1.165) is 22.6 Å². The topological polar surface area (TPSA) is 90.4 Å². The van der Waals surface area contributed by atoms with Gasteiger partial charge in [0.05, 0.1) is 12.8 Å². The third kappa shape index (κ3) is 2.97. The molecular weight excluding hydrogens is 258 g/mol. The molecule has 0 aliphatic rings. The van der Waals surface area contributed by atoms with Crippen LogP contribution in [0.15, 0.2) is 30.5 Å². The van der Waals surface area contributed by atoms with E-state index in [1.54, 1.807) is 25.0 Å². The van der Waals surface area contributed by atoms with Crippen molar-refractivity contribution in [2.75, 3.05) is 7.11 Å². The van der Waals surface area contributed by atoms with Gasteiger partial charge in [0, 0.05) is 30.8 Å². The number of hydrogen-bond donors (Lipinski definition) is 2. The van der Waals surface area contributed by atoms with Gasteiger partial charge in [-0.05, 0) is 12.1 Å². The van der Waals surface area contributed by atoms with Crippen LogP contribution in [0.5, 0.6) is 5.75 Å². The Balaban J connectivity index is 2.38. The minimum absolute atomic E-state index is 0.232. The number of carboxylic acid groups (broad SMARTS) is 1. The van der Waals surface area contributed by atoms with Crippen molar-refractivity contribution in [3.8, 4) is 17.0 Å². The number of hydrogen-bond acceptors (Lipinski definition) is 4. The van der Waals surface area contributed by atoms with Crippen molar-refractivity contribution in [2.45, 2.75) is 12.5 Å². The summed E-state index contributed by atoms with van der Waals surface area (Å²) >= 11 is 0. The molecular formula is C14H17N3O3. The quantitative estimate of drug-likeness (QED) is 0.851. The van der Waals surface area contributed by atoms with Crippen LogP contribution in [0, 0.1) is 0 Å². The average molecular weight is 275 g/mol. The van der Waals surface area contributed by atoms with Crippen LogP contribution in [0.4, 0.5) is 0 Å². The van der Waals surface area contributed by atoms with E-state index in [2.05, 4.69) is 5.10 Å². The normalized spacial score (nSPS) is 12.2. The predicted octanol–water partition coefficient (Wildman–Crippen LogP) is 1.05. The van der Waals surface area contributed by atoms with Gasteiger partial charge in [0.25, 0.3) is 0 Å². The van der Waals surface area contributed by atoms with Crippen LogP contribution >= 0.6 is 0 Å². The standard InChI is InChI=1S/C14H17N3O3/c1-17-8-10(7-12(15)14(18)19)13(16-17)9-4-3-5-11(6-9)20-2/h3-6,8,12H,7,15H2,1-2H3,(H,18,19). The Morgan fingerprint density at radius 1 is 1.55 bits per heavy atom. The second-order valence-electron chi connectivity index (χ2n) is 4.56. The highest BCUT2D eigenvalue weighted by Gasteiger charge is 2.18. The Morgan fingerprint density at radius 3 is 2.95 bits per heavy atom. The molecule has 0 aliphatic carbocycles. The SMILES string of the molecule is COc1cccc(-c2nn(C)cc2CC(N)C(=O)O)c1. The van der Waals surface area contributed by atoms with Crippen molar-refractivity contribution >= 4 is 5.97 Å². The molecule has 6 nitrogen and oxygen atoms in total. The lowest BCUT2D eigenvalue weighted by Gasteiger charge is -2.07. The van der Waals surface area contributed by atoms with Crippen LogP contribution in [0.2, 0.25) is 0 Å². The molecule has 20 heavy (non-hydrogen) atoms. The van der Waals surface area contributed by atoms with E-state index in [1.165, 1.54) is 0 Å². The average Bonchev–Trinajstić information content (AvgIpc) is 2.79. The lowest BCUT2D eigenvalue weighted by Crippen LogP contribution is -2.32. The first-order valence-corrected chi connectivity index (χ1v) is 6.16. The van der Waals surface area contributed by atoms with Crippen LogP contribution in [0.3, 0.4) is 0 Å². The number of aryl methyl sites for hydroxylation is 1. The first-order chi connectivity index (χ1) is 9.51. The zero-order valence-corrected chi connectivity index (χ0v) is 11.4. The van der Waals surface area contributed by atoms with Gasteiger partial charge < -0.3 is 15.6 Å². The summed E-state index contributed by atoms with van der Waals surface area (Å²) in [6.07, 6.45) is 2.02. The first-order valence-electron chi connectivity index (χ1n) is 6.16. The molecule has 1 heterocycles. The maximum absolute atomic E-state index is 10.9. The second-order valence-corrected chi connectivity index (χ2v) is 4.56. The number of aliphatic carboxylic acids is 1. The molecule has 0 radical (unpaired) electrons. The molecule has 1 aromatic heterocycles. The van der Waals surface area contributed by atoms with Crippen LogP contribution < -0.4 is 10.5 Å². The second kappa shape index (κ2) is 5.75. The Hall–Kier alpha value is -2.34. The number of carboxylic acids is 1. The smallest absolute Gasteiger partial charge is 0.320 e. The van der Waals surface area contributed by atoms with Crippen LogP contribution in [-0.4, -0.2) is 34.0 Å². The highest BCUT2D eigenvalue weighted by molar-refractivity contribution is 5.74. The van der Waals surface area contributed by atoms with Crippen molar-refractivity contribution in [1.82, 2.24) is 9.78 Å². The maximum atomic E-state index is 10.9. The number of carbonyl (C=O) groups is 1. The van der Waals surface area contributed by atoms with E-state index < -0.39 is 12.0 Å². The fourth-order valence-electron chi connectivity index (χ4n) is 2.02. The number of nitrogens with zero attached hydrogens (tertiary/aromatic N) is 2. The van der Waals surface area contributed by atoms with Crippen molar-refractivity contribution in [1.29, 1.82) is 0 Å². The monoisotopic (exact) mass is 275 g/mol. The molecule has 1 unspecified atom stereocenters. The maximum Gasteiger partial charge on any atom is 0.320 e. The van der Waals surface area contributed by atoms with Crippen molar-refractivity contribution < 1.29 is 14.6 Å². The van der Waals surface area contributed by atoms with Crippen molar-refractivity contribution in [3.63, 3.8) is 0 Å². The Morgan fingerprint density at radius 2 is 2.30 bits per heavy atom. The number of ether oxygens (including phenoxy) is 1. The zero-order valence-electron chi connectivity index (χ0n) is 11.4.